The zero-order chi connectivity index (χ0) is 13.4. The topological polar surface area (TPSA) is 52.0 Å². The van der Waals surface area contributed by atoms with Crippen LogP contribution in [0.2, 0.25) is 0 Å². The minimum Gasteiger partial charge on any atom is -0.381 e. The maximum Gasteiger partial charge on any atom is 0.157 e. The Kier molecular flexibility index (Phi) is 3.14. The molecule has 0 spiro atoms. The van der Waals surface area contributed by atoms with Crippen molar-refractivity contribution in [1.29, 1.82) is 0 Å². The zero-order valence-electron chi connectivity index (χ0n) is 11.7. The summed E-state index contributed by atoms with van der Waals surface area (Å²) in [6.45, 7) is 5.97. The maximum atomic E-state index is 5.44. The minimum absolute atomic E-state index is 0.402. The van der Waals surface area contributed by atoms with Crippen molar-refractivity contribution < 1.29 is 4.74 Å². The van der Waals surface area contributed by atoms with Crippen molar-refractivity contribution in [2.75, 3.05) is 18.5 Å². The third-order valence-corrected chi connectivity index (χ3v) is 3.93. The number of fused-ring (bicyclic) bond motifs is 1. The maximum absolute atomic E-state index is 5.44. The van der Waals surface area contributed by atoms with E-state index in [4.69, 9.17) is 4.74 Å². The fourth-order valence-corrected chi connectivity index (χ4v) is 2.71. The van der Waals surface area contributed by atoms with Gasteiger partial charge in [0.2, 0.25) is 0 Å². The number of ether oxygens (including phenoxy) is 1. The number of aryl methyl sites for hydroxylation is 2. The number of hydrogen-bond donors (Lipinski definition) is 1. The molecule has 2 atom stereocenters. The number of nitrogens with one attached hydrogen (secondary N) is 1. The molecule has 0 radical (unpaired) electrons. The van der Waals surface area contributed by atoms with Crippen molar-refractivity contribution in [3.63, 3.8) is 0 Å². The van der Waals surface area contributed by atoms with Crippen LogP contribution in [0.15, 0.2) is 12.3 Å². The lowest BCUT2D eigenvalue weighted by Crippen LogP contribution is -2.26. The number of anilines is 1. The van der Waals surface area contributed by atoms with Crippen LogP contribution >= 0.6 is 0 Å². The Bertz CT molecular complexity index is 586. The third-order valence-electron chi connectivity index (χ3n) is 3.93. The van der Waals surface area contributed by atoms with Crippen LogP contribution in [-0.2, 0) is 11.8 Å². The van der Waals surface area contributed by atoms with Crippen LogP contribution in [0.5, 0.6) is 0 Å². The van der Waals surface area contributed by atoms with Crippen LogP contribution in [0.4, 0.5) is 5.69 Å². The highest BCUT2D eigenvalue weighted by molar-refractivity contribution is 5.81. The molecule has 5 heteroatoms. The number of hydrogen-bond acceptors (Lipinski definition) is 4. The third kappa shape index (κ3) is 2.30. The predicted octanol–water partition coefficient (Wildman–Crippen LogP) is 2.11. The molecule has 5 nitrogen and oxygen atoms in total. The highest BCUT2D eigenvalue weighted by Gasteiger charge is 2.22. The van der Waals surface area contributed by atoms with E-state index in [9.17, 15) is 0 Å². The molecule has 102 valence electrons. The van der Waals surface area contributed by atoms with Crippen LogP contribution in [-0.4, -0.2) is 34.0 Å². The van der Waals surface area contributed by atoms with Gasteiger partial charge in [-0.1, -0.05) is 0 Å². The number of pyridine rings is 1. The summed E-state index contributed by atoms with van der Waals surface area (Å²) in [4.78, 5) is 4.49. The summed E-state index contributed by atoms with van der Waals surface area (Å²) in [5.74, 6) is 0.589. The van der Waals surface area contributed by atoms with E-state index in [2.05, 4.69) is 28.4 Å². The van der Waals surface area contributed by atoms with Crippen molar-refractivity contribution in [2.24, 2.45) is 13.0 Å². The highest BCUT2D eigenvalue weighted by Crippen LogP contribution is 2.23. The van der Waals surface area contributed by atoms with E-state index in [1.807, 2.05) is 24.9 Å². The standard InChI is InChI=1S/C14H20N4O/c1-9(11-4-5-19-8-11)16-12-6-13-10(2)17-18(3)14(13)15-7-12/h6-7,9,11,16H,4-5,8H2,1-3H3. The molecule has 1 aliphatic rings. The molecule has 3 rings (SSSR count). The molecule has 3 heterocycles. The quantitative estimate of drug-likeness (QED) is 0.918. The highest BCUT2D eigenvalue weighted by atomic mass is 16.5. The van der Waals surface area contributed by atoms with E-state index >= 15 is 0 Å². The molecule has 0 amide bonds. The van der Waals surface area contributed by atoms with Gasteiger partial charge in [-0.15, -0.1) is 0 Å². The van der Waals surface area contributed by atoms with Gasteiger partial charge >= 0.3 is 0 Å². The number of nitrogens with zero attached hydrogens (tertiary/aromatic N) is 3. The summed E-state index contributed by atoms with van der Waals surface area (Å²) in [5.41, 5.74) is 3.01. The first-order valence-corrected chi connectivity index (χ1v) is 6.79. The van der Waals surface area contributed by atoms with Crippen LogP contribution in [0.3, 0.4) is 0 Å². The molecular weight excluding hydrogens is 240 g/mol. The van der Waals surface area contributed by atoms with E-state index in [-0.39, 0.29) is 0 Å². The first kappa shape index (κ1) is 12.4. The van der Waals surface area contributed by atoms with Gasteiger partial charge in [0.25, 0.3) is 0 Å². The minimum atomic E-state index is 0.402. The second kappa shape index (κ2) is 4.81. The van der Waals surface area contributed by atoms with E-state index in [1.165, 1.54) is 0 Å². The molecule has 0 aliphatic carbocycles. The van der Waals surface area contributed by atoms with E-state index in [0.29, 0.717) is 12.0 Å². The lowest BCUT2D eigenvalue weighted by atomic mass is 10.0. The monoisotopic (exact) mass is 260 g/mol. The predicted molar refractivity (Wildman–Crippen MR) is 75.3 cm³/mol. The Labute approximate surface area is 113 Å². The van der Waals surface area contributed by atoms with Gasteiger partial charge in [0, 0.05) is 31.0 Å². The van der Waals surface area contributed by atoms with Crippen LogP contribution in [0.1, 0.15) is 19.0 Å². The van der Waals surface area contributed by atoms with Crippen LogP contribution in [0.25, 0.3) is 11.0 Å². The van der Waals surface area contributed by atoms with Gasteiger partial charge in [0.05, 0.1) is 24.2 Å². The molecule has 1 N–H and O–H groups in total. The summed E-state index contributed by atoms with van der Waals surface area (Å²) in [7, 11) is 1.92. The van der Waals surface area contributed by atoms with Gasteiger partial charge < -0.3 is 10.1 Å². The van der Waals surface area contributed by atoms with Gasteiger partial charge in [-0.2, -0.15) is 5.10 Å². The van der Waals surface area contributed by atoms with Crippen molar-refractivity contribution >= 4 is 16.7 Å². The molecule has 2 aromatic heterocycles. The molecule has 2 unspecified atom stereocenters. The largest absolute Gasteiger partial charge is 0.381 e. The Morgan fingerprint density at radius 1 is 1.53 bits per heavy atom. The fourth-order valence-electron chi connectivity index (χ4n) is 2.71. The summed E-state index contributed by atoms with van der Waals surface area (Å²) < 4.78 is 7.26. The summed E-state index contributed by atoms with van der Waals surface area (Å²) in [5, 5.41) is 9.04. The van der Waals surface area contributed by atoms with Gasteiger partial charge in [0.1, 0.15) is 0 Å². The SMILES string of the molecule is Cc1nn(C)c2ncc(NC(C)C3CCOC3)cc12. The average molecular weight is 260 g/mol. The number of aromatic nitrogens is 3. The second-order valence-electron chi connectivity index (χ2n) is 5.36. The Morgan fingerprint density at radius 2 is 2.37 bits per heavy atom. The molecule has 2 aromatic rings. The van der Waals surface area contributed by atoms with Gasteiger partial charge in [-0.3, -0.25) is 4.68 Å². The van der Waals surface area contributed by atoms with Crippen molar-refractivity contribution in [3.05, 3.63) is 18.0 Å². The normalized spacial score (nSPS) is 20.9. The molecule has 1 saturated heterocycles. The van der Waals surface area contributed by atoms with Crippen molar-refractivity contribution in [2.45, 2.75) is 26.3 Å². The van der Waals surface area contributed by atoms with Gasteiger partial charge in [-0.05, 0) is 26.3 Å². The second-order valence-corrected chi connectivity index (χ2v) is 5.36. The zero-order valence-corrected chi connectivity index (χ0v) is 11.7. The van der Waals surface area contributed by atoms with E-state index in [0.717, 1.165) is 42.0 Å². The summed E-state index contributed by atoms with van der Waals surface area (Å²) in [6.07, 6.45) is 3.02. The smallest absolute Gasteiger partial charge is 0.157 e. The number of rotatable bonds is 3. The molecule has 1 fully saturated rings. The molecule has 0 saturated carbocycles. The van der Waals surface area contributed by atoms with E-state index in [1.54, 1.807) is 0 Å². The van der Waals surface area contributed by atoms with Gasteiger partial charge in [0.15, 0.2) is 5.65 Å². The first-order valence-electron chi connectivity index (χ1n) is 6.79. The van der Waals surface area contributed by atoms with Crippen molar-refractivity contribution in [1.82, 2.24) is 14.8 Å². The van der Waals surface area contributed by atoms with Crippen LogP contribution < -0.4 is 5.32 Å². The molecule has 1 aliphatic heterocycles. The fraction of sp³-hybridized carbons (Fsp3) is 0.571. The molecule has 0 bridgehead atoms. The molecular formula is C14H20N4O. The lowest BCUT2D eigenvalue weighted by molar-refractivity contribution is 0.183. The Hall–Kier alpha value is -1.62. The van der Waals surface area contributed by atoms with Crippen molar-refractivity contribution in [3.8, 4) is 0 Å². The molecule has 19 heavy (non-hydrogen) atoms. The average Bonchev–Trinajstić information content (AvgIpc) is 2.99. The van der Waals surface area contributed by atoms with E-state index < -0.39 is 0 Å². The first-order chi connectivity index (χ1) is 9.15. The Balaban J connectivity index is 1.82. The lowest BCUT2D eigenvalue weighted by Gasteiger charge is -2.20. The summed E-state index contributed by atoms with van der Waals surface area (Å²) >= 11 is 0. The Morgan fingerprint density at radius 3 is 3.11 bits per heavy atom. The van der Waals surface area contributed by atoms with Gasteiger partial charge in [-0.25, -0.2) is 4.98 Å². The molecule has 0 aromatic carbocycles. The van der Waals surface area contributed by atoms with Crippen LogP contribution in [0, 0.1) is 12.8 Å². The summed E-state index contributed by atoms with van der Waals surface area (Å²) in [6, 6.07) is 2.54.